The summed E-state index contributed by atoms with van der Waals surface area (Å²) in [5.74, 6) is -0.277. The average molecular weight is 380 g/mol. The first kappa shape index (κ1) is 16.5. The van der Waals surface area contributed by atoms with Crippen molar-refractivity contribution in [1.29, 1.82) is 0 Å². The van der Waals surface area contributed by atoms with E-state index >= 15 is 0 Å². The van der Waals surface area contributed by atoms with Gasteiger partial charge in [0.1, 0.15) is 0 Å². The van der Waals surface area contributed by atoms with Crippen LogP contribution in [0.5, 0.6) is 0 Å². The highest BCUT2D eigenvalue weighted by Gasteiger charge is 2.36. The third-order valence-corrected chi connectivity index (χ3v) is 5.43. The normalized spacial score (nSPS) is 28.0. The number of amides is 2. The van der Waals surface area contributed by atoms with Gasteiger partial charge in [-0.1, -0.05) is 12.1 Å². The van der Waals surface area contributed by atoms with Gasteiger partial charge < -0.3 is 16.0 Å². The average Bonchev–Trinajstić information content (AvgIpc) is 2.92. The first-order valence-corrected chi connectivity index (χ1v) is 8.94. The standard InChI is InChI=1S/C17H22BrN3O2/c18-14-3-1-2-4-15(14)21-10-11(9-16(21)22)17(23)20-13-7-5-12(19)6-8-13/h1-4,11-13H,5-10,19H2,(H,20,23). The lowest BCUT2D eigenvalue weighted by Crippen LogP contribution is -2.43. The number of carbonyl (C=O) groups is 2. The molecule has 3 rings (SSSR count). The van der Waals surface area contributed by atoms with E-state index in [2.05, 4.69) is 21.2 Å². The molecule has 1 aliphatic carbocycles. The van der Waals surface area contributed by atoms with Crippen molar-refractivity contribution >= 4 is 33.4 Å². The van der Waals surface area contributed by atoms with Crippen LogP contribution in [-0.2, 0) is 9.59 Å². The number of rotatable bonds is 3. The Morgan fingerprint density at radius 2 is 1.91 bits per heavy atom. The molecular weight excluding hydrogens is 358 g/mol. The Hall–Kier alpha value is -1.40. The second-order valence-corrected chi connectivity index (χ2v) is 7.33. The summed E-state index contributed by atoms with van der Waals surface area (Å²) in [6.07, 6.45) is 4.05. The van der Waals surface area contributed by atoms with E-state index in [4.69, 9.17) is 5.73 Å². The molecule has 5 nitrogen and oxygen atoms in total. The van der Waals surface area contributed by atoms with Crippen molar-refractivity contribution in [1.82, 2.24) is 5.32 Å². The Kier molecular flexibility index (Phi) is 5.02. The van der Waals surface area contributed by atoms with Crippen molar-refractivity contribution < 1.29 is 9.59 Å². The molecule has 1 aromatic carbocycles. The molecule has 2 fully saturated rings. The van der Waals surface area contributed by atoms with Crippen LogP contribution in [0.1, 0.15) is 32.1 Å². The summed E-state index contributed by atoms with van der Waals surface area (Å²) in [7, 11) is 0. The number of para-hydroxylation sites is 1. The van der Waals surface area contributed by atoms with Crippen molar-refractivity contribution in [2.24, 2.45) is 11.7 Å². The zero-order valence-corrected chi connectivity index (χ0v) is 14.6. The quantitative estimate of drug-likeness (QED) is 0.844. The van der Waals surface area contributed by atoms with E-state index in [1.165, 1.54) is 0 Å². The molecule has 1 saturated carbocycles. The van der Waals surface area contributed by atoms with Crippen molar-refractivity contribution in [3.05, 3.63) is 28.7 Å². The van der Waals surface area contributed by atoms with E-state index in [0.717, 1.165) is 35.8 Å². The van der Waals surface area contributed by atoms with Crippen LogP contribution in [-0.4, -0.2) is 30.4 Å². The molecule has 124 valence electrons. The van der Waals surface area contributed by atoms with Gasteiger partial charge in [-0.15, -0.1) is 0 Å². The van der Waals surface area contributed by atoms with Gasteiger partial charge in [0.15, 0.2) is 0 Å². The maximum atomic E-state index is 12.5. The fourth-order valence-electron chi connectivity index (χ4n) is 3.37. The Bertz CT molecular complexity index is 599. The predicted molar refractivity (Wildman–Crippen MR) is 93.0 cm³/mol. The van der Waals surface area contributed by atoms with E-state index in [1.807, 2.05) is 24.3 Å². The number of nitrogens with zero attached hydrogens (tertiary/aromatic N) is 1. The minimum Gasteiger partial charge on any atom is -0.353 e. The molecule has 0 spiro atoms. The van der Waals surface area contributed by atoms with Crippen LogP contribution in [0.3, 0.4) is 0 Å². The zero-order valence-electron chi connectivity index (χ0n) is 13.0. The summed E-state index contributed by atoms with van der Waals surface area (Å²) in [6, 6.07) is 8.07. The Labute approximate surface area is 144 Å². The van der Waals surface area contributed by atoms with Crippen LogP contribution in [0.2, 0.25) is 0 Å². The smallest absolute Gasteiger partial charge is 0.227 e. The number of benzene rings is 1. The van der Waals surface area contributed by atoms with E-state index in [0.29, 0.717) is 6.54 Å². The monoisotopic (exact) mass is 379 g/mol. The van der Waals surface area contributed by atoms with E-state index in [-0.39, 0.29) is 36.2 Å². The minimum absolute atomic E-state index is 0.00252. The fraction of sp³-hybridized carbons (Fsp3) is 0.529. The summed E-state index contributed by atoms with van der Waals surface area (Å²) in [4.78, 5) is 26.5. The molecule has 2 amide bonds. The molecule has 6 heteroatoms. The molecule has 2 aliphatic rings. The third-order valence-electron chi connectivity index (χ3n) is 4.76. The largest absolute Gasteiger partial charge is 0.353 e. The fourth-order valence-corrected chi connectivity index (χ4v) is 3.87. The Morgan fingerprint density at radius 3 is 2.61 bits per heavy atom. The first-order chi connectivity index (χ1) is 11.0. The summed E-state index contributed by atoms with van der Waals surface area (Å²) in [5.41, 5.74) is 6.73. The molecule has 1 heterocycles. The van der Waals surface area contributed by atoms with Gasteiger partial charge in [-0.3, -0.25) is 9.59 Å². The van der Waals surface area contributed by atoms with Crippen molar-refractivity contribution in [2.75, 3.05) is 11.4 Å². The van der Waals surface area contributed by atoms with Gasteiger partial charge in [0.2, 0.25) is 11.8 Å². The van der Waals surface area contributed by atoms with E-state index < -0.39 is 0 Å². The molecule has 3 N–H and O–H groups in total. The van der Waals surface area contributed by atoms with Crippen LogP contribution in [0.4, 0.5) is 5.69 Å². The van der Waals surface area contributed by atoms with Crippen molar-refractivity contribution in [3.8, 4) is 0 Å². The first-order valence-electron chi connectivity index (χ1n) is 8.15. The number of nitrogens with two attached hydrogens (primary N) is 1. The molecule has 1 unspecified atom stereocenters. The lowest BCUT2D eigenvalue weighted by molar-refractivity contribution is -0.127. The minimum atomic E-state index is -0.273. The van der Waals surface area contributed by atoms with Crippen LogP contribution in [0.25, 0.3) is 0 Å². The van der Waals surface area contributed by atoms with Gasteiger partial charge in [-0.2, -0.15) is 0 Å². The molecular formula is C17H22BrN3O2. The van der Waals surface area contributed by atoms with Crippen LogP contribution in [0.15, 0.2) is 28.7 Å². The number of anilines is 1. The van der Waals surface area contributed by atoms with Crippen molar-refractivity contribution in [3.63, 3.8) is 0 Å². The van der Waals surface area contributed by atoms with Gasteiger partial charge in [0.05, 0.1) is 11.6 Å². The van der Waals surface area contributed by atoms with Gasteiger partial charge in [-0.05, 0) is 53.7 Å². The zero-order chi connectivity index (χ0) is 16.4. The van der Waals surface area contributed by atoms with Crippen LogP contribution >= 0.6 is 15.9 Å². The predicted octanol–water partition coefficient (Wildman–Crippen LogP) is 2.19. The summed E-state index contributed by atoms with van der Waals surface area (Å²) in [5, 5.41) is 3.10. The number of carbonyl (C=O) groups excluding carboxylic acids is 2. The van der Waals surface area contributed by atoms with E-state index in [1.54, 1.807) is 4.90 Å². The summed E-state index contributed by atoms with van der Waals surface area (Å²) < 4.78 is 0.871. The highest BCUT2D eigenvalue weighted by molar-refractivity contribution is 9.10. The van der Waals surface area contributed by atoms with Gasteiger partial charge >= 0.3 is 0 Å². The lowest BCUT2D eigenvalue weighted by Gasteiger charge is -2.27. The maximum absolute atomic E-state index is 12.5. The second kappa shape index (κ2) is 7.01. The van der Waals surface area contributed by atoms with Gasteiger partial charge in [0, 0.05) is 29.5 Å². The number of nitrogens with one attached hydrogen (secondary N) is 1. The van der Waals surface area contributed by atoms with Crippen molar-refractivity contribution in [2.45, 2.75) is 44.2 Å². The SMILES string of the molecule is NC1CCC(NC(=O)C2CC(=O)N(c3ccccc3Br)C2)CC1. The molecule has 1 aromatic rings. The molecule has 1 saturated heterocycles. The second-order valence-electron chi connectivity index (χ2n) is 6.48. The maximum Gasteiger partial charge on any atom is 0.227 e. The van der Waals surface area contributed by atoms with E-state index in [9.17, 15) is 9.59 Å². The third kappa shape index (κ3) is 3.75. The van der Waals surface area contributed by atoms with Gasteiger partial charge in [0.25, 0.3) is 0 Å². The van der Waals surface area contributed by atoms with Gasteiger partial charge in [-0.25, -0.2) is 0 Å². The van der Waals surface area contributed by atoms with Crippen LogP contribution < -0.4 is 16.0 Å². The number of hydrogen-bond donors (Lipinski definition) is 2. The molecule has 0 bridgehead atoms. The highest BCUT2D eigenvalue weighted by Crippen LogP contribution is 2.31. The molecule has 0 radical (unpaired) electrons. The molecule has 1 aliphatic heterocycles. The number of hydrogen-bond acceptors (Lipinski definition) is 3. The van der Waals surface area contributed by atoms with Crippen LogP contribution in [0, 0.1) is 5.92 Å². The topological polar surface area (TPSA) is 75.4 Å². The molecule has 0 aromatic heterocycles. The molecule has 23 heavy (non-hydrogen) atoms. The number of halogens is 1. The Balaban J connectivity index is 1.61. The lowest BCUT2D eigenvalue weighted by atomic mass is 9.91. The Morgan fingerprint density at radius 1 is 1.22 bits per heavy atom. The molecule has 1 atom stereocenters. The highest BCUT2D eigenvalue weighted by atomic mass is 79.9. The summed E-state index contributed by atoms with van der Waals surface area (Å²) >= 11 is 3.47. The summed E-state index contributed by atoms with van der Waals surface area (Å²) in [6.45, 7) is 0.444.